The smallest absolute Gasteiger partial charge is 0.0991 e. The van der Waals surface area contributed by atoms with Crippen molar-refractivity contribution in [3.63, 3.8) is 0 Å². The van der Waals surface area contributed by atoms with Gasteiger partial charge in [-0.25, -0.2) is 0 Å². The molecule has 0 aromatic rings. The highest BCUT2D eigenvalue weighted by Gasteiger charge is 2.42. The Morgan fingerprint density at radius 3 is 2.43 bits per heavy atom. The van der Waals surface area contributed by atoms with E-state index in [1.54, 1.807) is 7.11 Å². The number of hydrogen-bond acceptors (Lipinski definition) is 4. The van der Waals surface area contributed by atoms with Crippen LogP contribution in [-0.4, -0.2) is 51.7 Å². The Kier molecular flexibility index (Phi) is 11.1. The van der Waals surface area contributed by atoms with Gasteiger partial charge in [0.05, 0.1) is 25.4 Å². The Bertz CT molecular complexity index is 238. The molecule has 1 rings (SSSR count). The number of methoxy groups -OCH3 is 1. The molecule has 1 saturated carbocycles. The van der Waals surface area contributed by atoms with E-state index in [1.807, 2.05) is 0 Å². The Labute approximate surface area is 130 Å². The summed E-state index contributed by atoms with van der Waals surface area (Å²) >= 11 is 0. The van der Waals surface area contributed by atoms with Gasteiger partial charge >= 0.3 is 0 Å². The van der Waals surface area contributed by atoms with Crippen LogP contribution < -0.4 is 5.32 Å². The second-order valence-corrected chi connectivity index (χ2v) is 5.95. The summed E-state index contributed by atoms with van der Waals surface area (Å²) in [4.78, 5) is 0. The number of hydrogen-bond donors (Lipinski definition) is 1. The quantitative estimate of drug-likeness (QED) is 0.500. The van der Waals surface area contributed by atoms with E-state index in [-0.39, 0.29) is 12.2 Å². The van der Waals surface area contributed by atoms with Crippen molar-refractivity contribution in [1.82, 2.24) is 5.32 Å². The van der Waals surface area contributed by atoms with Crippen LogP contribution in [0.5, 0.6) is 0 Å². The molecule has 0 heterocycles. The van der Waals surface area contributed by atoms with Gasteiger partial charge in [-0.15, -0.1) is 0 Å². The zero-order chi connectivity index (χ0) is 15.3. The van der Waals surface area contributed by atoms with Crippen molar-refractivity contribution in [1.29, 1.82) is 0 Å². The molecular formula is C17H35NO3. The molecule has 1 aliphatic rings. The lowest BCUT2D eigenvalue weighted by atomic mass is 9.85. The fraction of sp³-hybridized carbons (Fsp3) is 1.00. The van der Waals surface area contributed by atoms with Crippen LogP contribution in [-0.2, 0) is 14.2 Å². The average molecular weight is 301 g/mol. The van der Waals surface area contributed by atoms with Crippen molar-refractivity contribution in [2.75, 3.05) is 33.5 Å². The second kappa shape index (κ2) is 12.4. The summed E-state index contributed by atoms with van der Waals surface area (Å²) in [5, 5.41) is 3.55. The minimum Gasteiger partial charge on any atom is -0.382 e. The van der Waals surface area contributed by atoms with Gasteiger partial charge in [-0.3, -0.25) is 0 Å². The molecule has 0 bridgehead atoms. The van der Waals surface area contributed by atoms with Crippen LogP contribution in [0, 0.1) is 0 Å². The highest BCUT2D eigenvalue weighted by molar-refractivity contribution is 4.97. The third-order valence-corrected chi connectivity index (χ3v) is 4.08. The molecule has 0 saturated heterocycles. The zero-order valence-electron chi connectivity index (χ0n) is 14.2. The molecule has 0 aromatic heterocycles. The van der Waals surface area contributed by atoms with Gasteiger partial charge in [0.25, 0.3) is 0 Å². The van der Waals surface area contributed by atoms with Gasteiger partial charge in [-0.1, -0.05) is 39.5 Å². The lowest BCUT2D eigenvalue weighted by molar-refractivity contribution is -0.152. The third-order valence-electron chi connectivity index (χ3n) is 4.08. The number of ether oxygens (including phenoxy) is 3. The Hall–Kier alpha value is -0.160. The molecule has 1 N–H and O–H groups in total. The summed E-state index contributed by atoms with van der Waals surface area (Å²) in [6, 6.07) is 0.451. The van der Waals surface area contributed by atoms with Crippen molar-refractivity contribution < 1.29 is 14.2 Å². The molecule has 1 fully saturated rings. The van der Waals surface area contributed by atoms with Gasteiger partial charge in [0, 0.05) is 19.8 Å². The number of rotatable bonds is 14. The highest BCUT2D eigenvalue weighted by atomic mass is 16.6. The van der Waals surface area contributed by atoms with Crippen LogP contribution in [0.25, 0.3) is 0 Å². The van der Waals surface area contributed by atoms with Crippen molar-refractivity contribution in [3.8, 4) is 0 Å². The van der Waals surface area contributed by atoms with Gasteiger partial charge in [0.2, 0.25) is 0 Å². The number of nitrogens with one attached hydrogen (secondary N) is 1. The van der Waals surface area contributed by atoms with Crippen molar-refractivity contribution in [2.24, 2.45) is 0 Å². The molecule has 0 aliphatic heterocycles. The fourth-order valence-corrected chi connectivity index (χ4v) is 2.71. The van der Waals surface area contributed by atoms with Gasteiger partial charge in [0.15, 0.2) is 0 Å². The molecule has 0 spiro atoms. The molecule has 4 heteroatoms. The van der Waals surface area contributed by atoms with Crippen LogP contribution in [0.1, 0.15) is 58.8 Å². The molecule has 4 nitrogen and oxygen atoms in total. The van der Waals surface area contributed by atoms with Gasteiger partial charge in [-0.2, -0.15) is 0 Å². The maximum atomic E-state index is 6.01. The maximum absolute atomic E-state index is 6.01. The number of unbranched alkanes of at least 4 members (excludes halogenated alkanes) is 4. The van der Waals surface area contributed by atoms with E-state index in [1.165, 1.54) is 32.1 Å². The first-order valence-electron chi connectivity index (χ1n) is 8.79. The van der Waals surface area contributed by atoms with E-state index >= 15 is 0 Å². The van der Waals surface area contributed by atoms with Gasteiger partial charge < -0.3 is 19.5 Å². The third kappa shape index (κ3) is 7.59. The average Bonchev–Trinajstić information content (AvgIpc) is 2.48. The standard InChI is InChI=1S/C17H35NO3/c1-4-6-7-8-9-11-20-16-14-15(18-10-5-2)17(16)21-13-12-19-3/h15-18H,4-14H2,1-3H3. The minimum absolute atomic E-state index is 0.197. The second-order valence-electron chi connectivity index (χ2n) is 5.95. The Balaban J connectivity index is 2.15. The van der Waals surface area contributed by atoms with Gasteiger partial charge in [-0.05, 0) is 25.8 Å². The predicted octanol–water partition coefficient (Wildman–Crippen LogP) is 3.15. The molecule has 0 amide bonds. The summed E-state index contributed by atoms with van der Waals surface area (Å²) in [6.45, 7) is 7.67. The van der Waals surface area contributed by atoms with Crippen LogP contribution in [0.15, 0.2) is 0 Å². The van der Waals surface area contributed by atoms with Crippen LogP contribution in [0.3, 0.4) is 0 Å². The molecule has 126 valence electrons. The summed E-state index contributed by atoms with van der Waals surface area (Å²) in [5.41, 5.74) is 0. The zero-order valence-corrected chi connectivity index (χ0v) is 14.2. The van der Waals surface area contributed by atoms with E-state index in [4.69, 9.17) is 14.2 Å². The highest BCUT2D eigenvalue weighted by Crippen LogP contribution is 2.27. The van der Waals surface area contributed by atoms with Crippen LogP contribution in [0.4, 0.5) is 0 Å². The van der Waals surface area contributed by atoms with Crippen molar-refractivity contribution >= 4 is 0 Å². The van der Waals surface area contributed by atoms with E-state index < -0.39 is 0 Å². The normalized spacial score (nSPS) is 25.0. The first-order valence-corrected chi connectivity index (χ1v) is 8.79. The SMILES string of the molecule is CCCCCCCOC1CC(NCCC)C1OCCOC. The topological polar surface area (TPSA) is 39.7 Å². The predicted molar refractivity (Wildman–Crippen MR) is 86.8 cm³/mol. The lowest BCUT2D eigenvalue weighted by Crippen LogP contribution is -2.60. The lowest BCUT2D eigenvalue weighted by Gasteiger charge is -2.44. The molecule has 21 heavy (non-hydrogen) atoms. The van der Waals surface area contributed by atoms with Crippen LogP contribution >= 0.6 is 0 Å². The van der Waals surface area contributed by atoms with Crippen molar-refractivity contribution in [3.05, 3.63) is 0 Å². The first kappa shape index (κ1) is 18.9. The van der Waals surface area contributed by atoms with E-state index in [2.05, 4.69) is 19.2 Å². The summed E-state index contributed by atoms with van der Waals surface area (Å²) < 4.78 is 17.0. The monoisotopic (exact) mass is 301 g/mol. The molecular weight excluding hydrogens is 266 g/mol. The Morgan fingerprint density at radius 2 is 1.71 bits per heavy atom. The van der Waals surface area contributed by atoms with Gasteiger partial charge in [0.1, 0.15) is 0 Å². The molecule has 0 aromatic carbocycles. The minimum atomic E-state index is 0.197. The summed E-state index contributed by atoms with van der Waals surface area (Å²) in [5.74, 6) is 0. The van der Waals surface area contributed by atoms with Crippen LogP contribution in [0.2, 0.25) is 0 Å². The molecule has 3 atom stereocenters. The molecule has 0 radical (unpaired) electrons. The molecule has 1 aliphatic carbocycles. The summed E-state index contributed by atoms with van der Waals surface area (Å²) in [7, 11) is 1.71. The maximum Gasteiger partial charge on any atom is 0.0991 e. The fourth-order valence-electron chi connectivity index (χ4n) is 2.71. The van der Waals surface area contributed by atoms with Crippen molar-refractivity contribution in [2.45, 2.75) is 77.0 Å². The van der Waals surface area contributed by atoms with E-state index in [0.29, 0.717) is 19.3 Å². The van der Waals surface area contributed by atoms with E-state index in [0.717, 1.165) is 26.0 Å². The summed E-state index contributed by atoms with van der Waals surface area (Å²) in [6.07, 6.45) is 9.13. The molecule has 3 unspecified atom stereocenters. The Morgan fingerprint density at radius 1 is 0.905 bits per heavy atom. The first-order chi connectivity index (χ1) is 10.3. The largest absolute Gasteiger partial charge is 0.382 e. The van der Waals surface area contributed by atoms with E-state index in [9.17, 15) is 0 Å².